The fourth-order valence-corrected chi connectivity index (χ4v) is 1.36. The minimum Gasteiger partial charge on any atom is -0.373 e. The molecule has 6 heteroatoms. The quantitative estimate of drug-likeness (QED) is 0.747. The molecular formula is C12H12N4O2. The molecule has 0 N–H and O–H groups in total. The summed E-state index contributed by atoms with van der Waals surface area (Å²) >= 11 is 0. The van der Waals surface area contributed by atoms with E-state index >= 15 is 0 Å². The summed E-state index contributed by atoms with van der Waals surface area (Å²) in [6.45, 7) is 3.02. The Balaban J connectivity index is 2.11. The summed E-state index contributed by atoms with van der Waals surface area (Å²) < 4.78 is 10.4. The van der Waals surface area contributed by atoms with Gasteiger partial charge < -0.3 is 9.26 Å². The van der Waals surface area contributed by atoms with Crippen LogP contribution in [0.4, 0.5) is 0 Å². The SMILES string of the molecule is CCCOCc1noc(-c2ccnc(C#N)c2)n1. The van der Waals surface area contributed by atoms with Crippen LogP contribution in [-0.4, -0.2) is 21.7 Å². The number of hydrogen-bond acceptors (Lipinski definition) is 6. The Hall–Kier alpha value is -2.26. The molecule has 0 aliphatic rings. The fourth-order valence-electron chi connectivity index (χ4n) is 1.36. The van der Waals surface area contributed by atoms with E-state index in [-0.39, 0.29) is 0 Å². The molecule has 0 radical (unpaired) electrons. The number of aromatic nitrogens is 3. The van der Waals surface area contributed by atoms with Gasteiger partial charge in [-0.15, -0.1) is 0 Å². The summed E-state index contributed by atoms with van der Waals surface area (Å²) in [5, 5.41) is 12.6. The van der Waals surface area contributed by atoms with E-state index in [0.29, 0.717) is 36.2 Å². The van der Waals surface area contributed by atoms with Crippen molar-refractivity contribution in [1.82, 2.24) is 15.1 Å². The first-order chi connectivity index (χ1) is 8.83. The van der Waals surface area contributed by atoms with Crippen LogP contribution in [0.2, 0.25) is 0 Å². The van der Waals surface area contributed by atoms with Gasteiger partial charge in [0.15, 0.2) is 5.82 Å². The van der Waals surface area contributed by atoms with Gasteiger partial charge in [-0.3, -0.25) is 0 Å². The van der Waals surface area contributed by atoms with Gasteiger partial charge in [-0.05, 0) is 18.6 Å². The highest BCUT2D eigenvalue weighted by atomic mass is 16.5. The lowest BCUT2D eigenvalue weighted by atomic mass is 10.2. The lowest BCUT2D eigenvalue weighted by molar-refractivity contribution is 0.114. The second-order valence-corrected chi connectivity index (χ2v) is 3.61. The number of ether oxygens (including phenoxy) is 1. The topological polar surface area (TPSA) is 84.8 Å². The molecule has 2 heterocycles. The number of pyridine rings is 1. The summed E-state index contributed by atoms with van der Waals surface area (Å²) in [7, 11) is 0. The molecule has 0 amide bonds. The Morgan fingerprint density at radius 3 is 3.17 bits per heavy atom. The molecule has 0 aliphatic carbocycles. The van der Waals surface area contributed by atoms with E-state index in [1.165, 1.54) is 6.20 Å². The maximum atomic E-state index is 8.76. The molecule has 0 atom stereocenters. The smallest absolute Gasteiger partial charge is 0.258 e. The number of rotatable bonds is 5. The maximum Gasteiger partial charge on any atom is 0.258 e. The predicted octanol–water partition coefficient (Wildman–Crippen LogP) is 1.93. The second-order valence-electron chi connectivity index (χ2n) is 3.61. The van der Waals surface area contributed by atoms with Gasteiger partial charge in [0, 0.05) is 18.4 Å². The monoisotopic (exact) mass is 244 g/mol. The van der Waals surface area contributed by atoms with E-state index in [1.807, 2.05) is 13.0 Å². The van der Waals surface area contributed by atoms with Crippen LogP contribution in [0.3, 0.4) is 0 Å². The van der Waals surface area contributed by atoms with Crippen molar-refractivity contribution in [3.05, 3.63) is 29.8 Å². The zero-order chi connectivity index (χ0) is 12.8. The Morgan fingerprint density at radius 1 is 1.50 bits per heavy atom. The molecule has 0 aliphatic heterocycles. The van der Waals surface area contributed by atoms with Crippen molar-refractivity contribution < 1.29 is 9.26 Å². The van der Waals surface area contributed by atoms with Gasteiger partial charge >= 0.3 is 0 Å². The molecule has 0 spiro atoms. The normalized spacial score (nSPS) is 10.2. The largest absolute Gasteiger partial charge is 0.373 e. The van der Waals surface area contributed by atoms with Crippen molar-refractivity contribution >= 4 is 0 Å². The van der Waals surface area contributed by atoms with Crippen LogP contribution in [0.5, 0.6) is 0 Å². The highest BCUT2D eigenvalue weighted by Gasteiger charge is 2.09. The average molecular weight is 244 g/mol. The third kappa shape index (κ3) is 2.90. The van der Waals surface area contributed by atoms with E-state index < -0.39 is 0 Å². The average Bonchev–Trinajstić information content (AvgIpc) is 2.88. The molecule has 92 valence electrons. The van der Waals surface area contributed by atoms with Crippen LogP contribution in [0.15, 0.2) is 22.9 Å². The Bertz CT molecular complexity index is 559. The summed E-state index contributed by atoms with van der Waals surface area (Å²) in [6.07, 6.45) is 2.48. The lowest BCUT2D eigenvalue weighted by Gasteiger charge is -1.95. The fraction of sp³-hybridized carbons (Fsp3) is 0.333. The van der Waals surface area contributed by atoms with Crippen molar-refractivity contribution in [2.75, 3.05) is 6.61 Å². The first-order valence-corrected chi connectivity index (χ1v) is 5.60. The summed E-state index contributed by atoms with van der Waals surface area (Å²) in [4.78, 5) is 8.06. The third-order valence-electron chi connectivity index (χ3n) is 2.17. The molecule has 2 aromatic rings. The van der Waals surface area contributed by atoms with Crippen molar-refractivity contribution in [3.8, 4) is 17.5 Å². The number of hydrogen-bond donors (Lipinski definition) is 0. The van der Waals surface area contributed by atoms with E-state index in [9.17, 15) is 0 Å². The molecular weight excluding hydrogens is 232 g/mol. The molecule has 2 aromatic heterocycles. The number of nitriles is 1. The zero-order valence-corrected chi connectivity index (χ0v) is 9.96. The van der Waals surface area contributed by atoms with Crippen molar-refractivity contribution in [1.29, 1.82) is 5.26 Å². The summed E-state index contributed by atoms with van der Waals surface area (Å²) in [6, 6.07) is 5.27. The maximum absolute atomic E-state index is 8.76. The third-order valence-corrected chi connectivity index (χ3v) is 2.17. The van der Waals surface area contributed by atoms with Gasteiger partial charge in [-0.1, -0.05) is 12.1 Å². The van der Waals surface area contributed by atoms with Crippen LogP contribution < -0.4 is 0 Å². The molecule has 0 aromatic carbocycles. The van der Waals surface area contributed by atoms with Crippen molar-refractivity contribution in [2.45, 2.75) is 20.0 Å². The molecule has 0 saturated carbocycles. The Morgan fingerprint density at radius 2 is 2.39 bits per heavy atom. The van der Waals surface area contributed by atoms with Gasteiger partial charge in [0.1, 0.15) is 18.4 Å². The van der Waals surface area contributed by atoms with E-state index in [1.54, 1.807) is 12.1 Å². The molecule has 0 saturated heterocycles. The minimum absolute atomic E-state index is 0.314. The van der Waals surface area contributed by atoms with Gasteiger partial charge in [-0.2, -0.15) is 10.2 Å². The molecule has 2 rings (SSSR count). The lowest BCUT2D eigenvalue weighted by Crippen LogP contribution is -1.95. The van der Waals surface area contributed by atoms with Gasteiger partial charge in [0.25, 0.3) is 5.89 Å². The zero-order valence-electron chi connectivity index (χ0n) is 9.96. The van der Waals surface area contributed by atoms with Crippen molar-refractivity contribution in [3.63, 3.8) is 0 Å². The molecule has 6 nitrogen and oxygen atoms in total. The van der Waals surface area contributed by atoms with Gasteiger partial charge in [0.05, 0.1) is 0 Å². The van der Waals surface area contributed by atoms with Crippen LogP contribution in [-0.2, 0) is 11.3 Å². The van der Waals surface area contributed by atoms with Crippen LogP contribution in [0.1, 0.15) is 24.9 Å². The first kappa shape index (κ1) is 12.2. The minimum atomic E-state index is 0.314. The summed E-state index contributed by atoms with van der Waals surface area (Å²) in [5.41, 5.74) is 0.991. The predicted molar refractivity (Wildman–Crippen MR) is 62.2 cm³/mol. The molecule has 0 bridgehead atoms. The molecule has 0 unspecified atom stereocenters. The van der Waals surface area contributed by atoms with E-state index in [4.69, 9.17) is 14.5 Å². The molecule has 0 fully saturated rings. The Labute approximate surface area is 104 Å². The summed E-state index contributed by atoms with van der Waals surface area (Å²) in [5.74, 6) is 0.859. The van der Waals surface area contributed by atoms with E-state index in [0.717, 1.165) is 6.42 Å². The Kier molecular flexibility index (Phi) is 3.99. The highest BCUT2D eigenvalue weighted by Crippen LogP contribution is 2.17. The highest BCUT2D eigenvalue weighted by molar-refractivity contribution is 5.53. The van der Waals surface area contributed by atoms with Crippen molar-refractivity contribution in [2.24, 2.45) is 0 Å². The first-order valence-electron chi connectivity index (χ1n) is 5.60. The van der Waals surface area contributed by atoms with Crippen LogP contribution in [0, 0.1) is 11.3 Å². The second kappa shape index (κ2) is 5.89. The molecule has 18 heavy (non-hydrogen) atoms. The number of nitrogens with zero attached hydrogens (tertiary/aromatic N) is 4. The van der Waals surface area contributed by atoms with Gasteiger partial charge in [0.2, 0.25) is 0 Å². The van der Waals surface area contributed by atoms with Gasteiger partial charge in [-0.25, -0.2) is 4.98 Å². The van der Waals surface area contributed by atoms with Crippen LogP contribution >= 0.6 is 0 Å². The standard InChI is InChI=1S/C12H12N4O2/c1-2-5-17-8-11-15-12(18-16-11)9-3-4-14-10(6-9)7-13/h3-4,6H,2,5,8H2,1H3. The van der Waals surface area contributed by atoms with E-state index in [2.05, 4.69) is 15.1 Å². The van der Waals surface area contributed by atoms with Crippen LogP contribution in [0.25, 0.3) is 11.5 Å².